The lowest BCUT2D eigenvalue weighted by molar-refractivity contribution is -0.136. The van der Waals surface area contributed by atoms with Crippen LogP contribution in [0.25, 0.3) is 10.9 Å². The molecule has 1 aromatic heterocycles. The average Bonchev–Trinajstić information content (AvgIpc) is 2.78. The molecule has 2 saturated heterocycles. The summed E-state index contributed by atoms with van der Waals surface area (Å²) in [6.45, 7) is 6.75. The number of pyridine rings is 1. The highest BCUT2D eigenvalue weighted by Gasteiger charge is 2.35. The van der Waals surface area contributed by atoms with Gasteiger partial charge in [0.05, 0.1) is 36.9 Å². The van der Waals surface area contributed by atoms with Gasteiger partial charge in [-0.1, -0.05) is 0 Å². The number of ether oxygens (including phenoxy) is 2. The fourth-order valence-corrected chi connectivity index (χ4v) is 4.45. The molecule has 2 aliphatic heterocycles. The largest absolute Gasteiger partial charge is 0.418 e. The highest BCUT2D eigenvalue weighted by atomic mass is 19.4. The molecule has 0 bridgehead atoms. The minimum atomic E-state index is -4.48. The molecule has 4 rings (SSSR count). The van der Waals surface area contributed by atoms with E-state index in [1.165, 1.54) is 12.3 Å². The molecule has 0 saturated carbocycles. The summed E-state index contributed by atoms with van der Waals surface area (Å²) >= 11 is 0. The number of halogens is 3. The van der Waals surface area contributed by atoms with E-state index in [2.05, 4.69) is 9.88 Å². The SMILES string of the molecule is C[C@@H]1CN(c2ccc(C(F)(F)F)c3ncccc23)C[C@H](C(=O)CCCN2CCOCC2)O1. The first-order valence-electron chi connectivity index (χ1n) is 11.0. The van der Waals surface area contributed by atoms with Gasteiger partial charge in [0.2, 0.25) is 0 Å². The molecule has 2 aromatic rings. The first-order valence-corrected chi connectivity index (χ1v) is 11.0. The highest BCUT2D eigenvalue weighted by Crippen LogP contribution is 2.38. The van der Waals surface area contributed by atoms with E-state index >= 15 is 0 Å². The number of carbonyl (C=O) groups is 1. The van der Waals surface area contributed by atoms with Crippen LogP contribution in [0.2, 0.25) is 0 Å². The molecule has 174 valence electrons. The summed E-state index contributed by atoms with van der Waals surface area (Å²) in [7, 11) is 0. The summed E-state index contributed by atoms with van der Waals surface area (Å²) in [5.74, 6) is 0.0316. The van der Waals surface area contributed by atoms with E-state index in [0.29, 0.717) is 30.6 Å². The van der Waals surface area contributed by atoms with E-state index in [-0.39, 0.29) is 17.4 Å². The summed E-state index contributed by atoms with van der Waals surface area (Å²) in [5, 5.41) is 0.426. The third-order valence-corrected chi connectivity index (χ3v) is 6.01. The van der Waals surface area contributed by atoms with Crippen molar-refractivity contribution in [3.63, 3.8) is 0 Å². The third kappa shape index (κ3) is 5.22. The number of Topliss-reactive ketones (excluding diaryl/α,β-unsaturated/α-hetero) is 1. The second-order valence-corrected chi connectivity index (χ2v) is 8.39. The Kier molecular flexibility index (Phi) is 6.97. The smallest absolute Gasteiger partial charge is 0.379 e. The van der Waals surface area contributed by atoms with Gasteiger partial charge in [-0.2, -0.15) is 13.2 Å². The summed E-state index contributed by atoms with van der Waals surface area (Å²) in [4.78, 5) is 21.1. The van der Waals surface area contributed by atoms with E-state index in [4.69, 9.17) is 9.47 Å². The maximum Gasteiger partial charge on any atom is 0.418 e. The zero-order chi connectivity index (χ0) is 22.7. The van der Waals surface area contributed by atoms with Crippen LogP contribution in [-0.4, -0.2) is 73.8 Å². The number of nitrogens with zero attached hydrogens (tertiary/aromatic N) is 3. The number of aromatic nitrogens is 1. The lowest BCUT2D eigenvalue weighted by Crippen LogP contribution is -2.50. The Balaban J connectivity index is 1.47. The number of morpholine rings is 2. The molecular formula is C23H28F3N3O3. The molecule has 2 fully saturated rings. The molecule has 32 heavy (non-hydrogen) atoms. The average molecular weight is 451 g/mol. The normalized spacial score (nSPS) is 22.9. The highest BCUT2D eigenvalue weighted by molar-refractivity contribution is 5.94. The van der Waals surface area contributed by atoms with Crippen LogP contribution in [0.1, 0.15) is 25.3 Å². The Morgan fingerprint density at radius 3 is 2.72 bits per heavy atom. The van der Waals surface area contributed by atoms with Crippen molar-refractivity contribution in [2.24, 2.45) is 0 Å². The standard InChI is InChI=1S/C23H28F3N3O3/c1-16-14-29(15-21(32-16)20(30)5-3-9-28-10-12-31-13-11-28)19-7-6-18(23(24,25)26)22-17(19)4-2-8-27-22/h2,4,6-8,16,21H,3,5,9-15H2,1H3/t16-,21-/m1/s1. The predicted octanol–water partition coefficient (Wildman–Crippen LogP) is 3.53. The summed E-state index contributed by atoms with van der Waals surface area (Å²) in [5.41, 5.74) is -0.193. The van der Waals surface area contributed by atoms with Crippen LogP contribution >= 0.6 is 0 Å². The van der Waals surface area contributed by atoms with E-state index in [9.17, 15) is 18.0 Å². The maximum atomic E-state index is 13.4. The first kappa shape index (κ1) is 22.9. The van der Waals surface area contributed by atoms with Crippen molar-refractivity contribution >= 4 is 22.4 Å². The fraction of sp³-hybridized carbons (Fsp3) is 0.565. The van der Waals surface area contributed by atoms with Crippen LogP contribution in [0.4, 0.5) is 18.9 Å². The summed E-state index contributed by atoms with van der Waals surface area (Å²) < 4.78 is 51.6. The van der Waals surface area contributed by atoms with Gasteiger partial charge in [-0.15, -0.1) is 0 Å². The molecule has 2 aliphatic rings. The predicted molar refractivity (Wildman–Crippen MR) is 115 cm³/mol. The van der Waals surface area contributed by atoms with Gasteiger partial charge in [-0.05, 0) is 44.2 Å². The lowest BCUT2D eigenvalue weighted by atomic mass is 10.0. The van der Waals surface area contributed by atoms with Crippen molar-refractivity contribution in [2.45, 2.75) is 38.1 Å². The molecule has 0 radical (unpaired) electrons. The van der Waals surface area contributed by atoms with Crippen molar-refractivity contribution in [1.29, 1.82) is 0 Å². The first-order chi connectivity index (χ1) is 15.3. The molecule has 6 nitrogen and oxygen atoms in total. The zero-order valence-corrected chi connectivity index (χ0v) is 18.1. The minimum absolute atomic E-state index is 0.0316. The van der Waals surface area contributed by atoms with Crippen LogP contribution in [0.15, 0.2) is 30.5 Å². The fourth-order valence-electron chi connectivity index (χ4n) is 4.45. The van der Waals surface area contributed by atoms with E-state index < -0.39 is 17.8 Å². The summed E-state index contributed by atoms with van der Waals surface area (Å²) in [6.07, 6.45) is -2.77. The van der Waals surface area contributed by atoms with Gasteiger partial charge in [0.15, 0.2) is 5.78 Å². The van der Waals surface area contributed by atoms with Gasteiger partial charge in [0, 0.05) is 43.3 Å². The number of alkyl halides is 3. The lowest BCUT2D eigenvalue weighted by Gasteiger charge is -2.38. The van der Waals surface area contributed by atoms with E-state index in [1.807, 2.05) is 11.8 Å². The third-order valence-electron chi connectivity index (χ3n) is 6.01. The maximum absolute atomic E-state index is 13.4. The Bertz CT molecular complexity index is 947. The van der Waals surface area contributed by atoms with Crippen molar-refractivity contribution in [2.75, 3.05) is 50.8 Å². The number of carbonyl (C=O) groups excluding carboxylic acids is 1. The summed E-state index contributed by atoms with van der Waals surface area (Å²) in [6, 6.07) is 5.82. The Labute approximate surface area is 185 Å². The van der Waals surface area contributed by atoms with Gasteiger partial charge in [0.1, 0.15) is 6.10 Å². The minimum Gasteiger partial charge on any atom is -0.379 e. The molecule has 3 heterocycles. The molecule has 1 aromatic carbocycles. The number of ketones is 1. The van der Waals surface area contributed by atoms with E-state index in [1.54, 1.807) is 12.1 Å². The number of hydrogen-bond acceptors (Lipinski definition) is 6. The molecule has 0 unspecified atom stereocenters. The second-order valence-electron chi connectivity index (χ2n) is 8.39. The van der Waals surface area contributed by atoms with Gasteiger partial charge in [-0.25, -0.2) is 0 Å². The number of rotatable bonds is 6. The Morgan fingerprint density at radius 2 is 1.97 bits per heavy atom. The Morgan fingerprint density at radius 1 is 1.19 bits per heavy atom. The monoisotopic (exact) mass is 451 g/mol. The molecule has 0 amide bonds. The number of fused-ring (bicyclic) bond motifs is 1. The molecule has 9 heteroatoms. The number of hydrogen-bond donors (Lipinski definition) is 0. The van der Waals surface area contributed by atoms with E-state index in [0.717, 1.165) is 45.3 Å². The van der Waals surface area contributed by atoms with Crippen molar-refractivity contribution in [3.8, 4) is 0 Å². The van der Waals surface area contributed by atoms with Crippen LogP contribution in [0.5, 0.6) is 0 Å². The topological polar surface area (TPSA) is 54.9 Å². The van der Waals surface area contributed by atoms with Gasteiger partial charge in [-0.3, -0.25) is 14.7 Å². The molecule has 2 atom stereocenters. The number of anilines is 1. The van der Waals surface area contributed by atoms with Gasteiger partial charge in [0.25, 0.3) is 0 Å². The van der Waals surface area contributed by atoms with Gasteiger partial charge < -0.3 is 14.4 Å². The van der Waals surface area contributed by atoms with Gasteiger partial charge >= 0.3 is 6.18 Å². The van der Waals surface area contributed by atoms with Crippen molar-refractivity contribution in [3.05, 3.63) is 36.0 Å². The van der Waals surface area contributed by atoms with Crippen LogP contribution in [0.3, 0.4) is 0 Å². The Hall–Kier alpha value is -2.23. The molecule has 0 aliphatic carbocycles. The van der Waals surface area contributed by atoms with Crippen LogP contribution < -0.4 is 4.90 Å². The quantitative estimate of drug-likeness (QED) is 0.670. The number of benzene rings is 1. The van der Waals surface area contributed by atoms with Crippen molar-refractivity contribution < 1.29 is 27.4 Å². The molecule has 0 spiro atoms. The van der Waals surface area contributed by atoms with Crippen LogP contribution in [0, 0.1) is 0 Å². The van der Waals surface area contributed by atoms with Crippen LogP contribution in [-0.2, 0) is 20.4 Å². The second kappa shape index (κ2) is 9.72. The molecular weight excluding hydrogens is 423 g/mol. The molecule has 0 N–H and O–H groups in total. The van der Waals surface area contributed by atoms with Crippen molar-refractivity contribution in [1.82, 2.24) is 9.88 Å². The zero-order valence-electron chi connectivity index (χ0n) is 18.1.